The molecule has 0 bridgehead atoms. The number of carbonyl (C=O) groups excluding carboxylic acids is 2. The average molecular weight is 354 g/mol. The van der Waals surface area contributed by atoms with Crippen molar-refractivity contribution in [1.29, 1.82) is 0 Å². The SMILES string of the molecule is CCOc1ccc(C(=O)NCC(=O)N(CC)CCc2ccccc2)cc1. The van der Waals surface area contributed by atoms with Crippen LogP contribution in [0.4, 0.5) is 0 Å². The molecule has 2 amide bonds. The highest BCUT2D eigenvalue weighted by Gasteiger charge is 2.13. The largest absolute Gasteiger partial charge is 0.494 e. The number of carbonyl (C=O) groups is 2. The normalized spacial score (nSPS) is 10.2. The molecule has 0 aliphatic carbocycles. The molecule has 0 fully saturated rings. The number of amides is 2. The van der Waals surface area contributed by atoms with Gasteiger partial charge in [0.2, 0.25) is 5.91 Å². The lowest BCUT2D eigenvalue weighted by molar-refractivity contribution is -0.129. The zero-order chi connectivity index (χ0) is 18.8. The van der Waals surface area contributed by atoms with Crippen LogP contribution in [0.25, 0.3) is 0 Å². The van der Waals surface area contributed by atoms with Crippen LogP contribution in [0.5, 0.6) is 5.75 Å². The minimum absolute atomic E-state index is 0.00528. The van der Waals surface area contributed by atoms with Gasteiger partial charge in [0.15, 0.2) is 0 Å². The van der Waals surface area contributed by atoms with Crippen molar-refractivity contribution in [3.8, 4) is 5.75 Å². The summed E-state index contributed by atoms with van der Waals surface area (Å²) >= 11 is 0. The number of likely N-dealkylation sites (N-methyl/N-ethyl adjacent to an activating group) is 1. The highest BCUT2D eigenvalue weighted by Crippen LogP contribution is 2.12. The van der Waals surface area contributed by atoms with Gasteiger partial charge in [-0.2, -0.15) is 0 Å². The Bertz CT molecular complexity index is 699. The van der Waals surface area contributed by atoms with Gasteiger partial charge in [0.05, 0.1) is 13.2 Å². The van der Waals surface area contributed by atoms with Crippen LogP contribution in [-0.4, -0.2) is 43.0 Å². The summed E-state index contributed by atoms with van der Waals surface area (Å²) in [4.78, 5) is 26.3. The van der Waals surface area contributed by atoms with E-state index < -0.39 is 0 Å². The summed E-state index contributed by atoms with van der Waals surface area (Å²) in [7, 11) is 0. The van der Waals surface area contributed by atoms with Gasteiger partial charge < -0.3 is 15.0 Å². The Balaban J connectivity index is 1.82. The van der Waals surface area contributed by atoms with Crippen LogP contribution in [0, 0.1) is 0 Å². The Morgan fingerprint density at radius 3 is 2.31 bits per heavy atom. The van der Waals surface area contributed by atoms with Crippen molar-refractivity contribution >= 4 is 11.8 Å². The molecule has 0 aliphatic rings. The number of nitrogens with one attached hydrogen (secondary N) is 1. The molecule has 0 spiro atoms. The third-order valence-corrected chi connectivity index (χ3v) is 4.08. The number of hydrogen-bond acceptors (Lipinski definition) is 3. The minimum Gasteiger partial charge on any atom is -0.494 e. The van der Waals surface area contributed by atoms with Gasteiger partial charge in [0.1, 0.15) is 5.75 Å². The van der Waals surface area contributed by atoms with Gasteiger partial charge in [-0.1, -0.05) is 30.3 Å². The topological polar surface area (TPSA) is 58.6 Å². The number of benzene rings is 2. The number of ether oxygens (including phenoxy) is 1. The third kappa shape index (κ3) is 5.92. The lowest BCUT2D eigenvalue weighted by Crippen LogP contribution is -2.41. The van der Waals surface area contributed by atoms with Crippen molar-refractivity contribution in [2.45, 2.75) is 20.3 Å². The second-order valence-corrected chi connectivity index (χ2v) is 5.85. The average Bonchev–Trinajstić information content (AvgIpc) is 2.68. The van der Waals surface area contributed by atoms with Crippen molar-refractivity contribution in [2.75, 3.05) is 26.2 Å². The van der Waals surface area contributed by atoms with Gasteiger partial charge >= 0.3 is 0 Å². The molecule has 0 saturated carbocycles. The molecule has 0 aromatic heterocycles. The summed E-state index contributed by atoms with van der Waals surface area (Å²) in [6.07, 6.45) is 0.799. The van der Waals surface area contributed by atoms with E-state index in [4.69, 9.17) is 4.74 Å². The molecule has 2 aromatic rings. The van der Waals surface area contributed by atoms with E-state index in [2.05, 4.69) is 5.32 Å². The Morgan fingerprint density at radius 1 is 1.00 bits per heavy atom. The predicted octanol–water partition coefficient (Wildman–Crippen LogP) is 2.91. The fourth-order valence-corrected chi connectivity index (χ4v) is 2.61. The molecular weight excluding hydrogens is 328 g/mol. The van der Waals surface area contributed by atoms with E-state index in [0.717, 1.165) is 12.2 Å². The number of nitrogens with zero attached hydrogens (tertiary/aromatic N) is 1. The maximum Gasteiger partial charge on any atom is 0.251 e. The lowest BCUT2D eigenvalue weighted by Gasteiger charge is -2.21. The van der Waals surface area contributed by atoms with Crippen molar-refractivity contribution in [3.63, 3.8) is 0 Å². The first-order valence-corrected chi connectivity index (χ1v) is 8.96. The van der Waals surface area contributed by atoms with E-state index in [9.17, 15) is 9.59 Å². The summed E-state index contributed by atoms with van der Waals surface area (Å²) < 4.78 is 5.36. The van der Waals surface area contributed by atoms with Gasteiger partial charge in [-0.05, 0) is 50.1 Å². The van der Waals surface area contributed by atoms with Gasteiger partial charge in [0, 0.05) is 18.7 Å². The van der Waals surface area contributed by atoms with Crippen molar-refractivity contribution < 1.29 is 14.3 Å². The van der Waals surface area contributed by atoms with E-state index in [0.29, 0.717) is 25.3 Å². The quantitative estimate of drug-likeness (QED) is 0.753. The standard InChI is InChI=1S/C21H26N2O3/c1-3-23(15-14-17-8-6-5-7-9-17)20(24)16-22-21(25)18-10-12-19(13-11-18)26-4-2/h5-13H,3-4,14-16H2,1-2H3,(H,22,25). The first-order valence-electron chi connectivity index (χ1n) is 8.96. The zero-order valence-electron chi connectivity index (χ0n) is 15.4. The number of rotatable bonds is 9. The van der Waals surface area contributed by atoms with Crippen LogP contribution in [-0.2, 0) is 11.2 Å². The predicted molar refractivity (Wildman–Crippen MR) is 102 cm³/mol. The van der Waals surface area contributed by atoms with E-state index in [-0.39, 0.29) is 18.4 Å². The smallest absolute Gasteiger partial charge is 0.251 e. The molecule has 5 heteroatoms. The third-order valence-electron chi connectivity index (χ3n) is 4.08. The Labute approximate surface area is 155 Å². The van der Waals surface area contributed by atoms with Crippen LogP contribution in [0.2, 0.25) is 0 Å². The molecule has 5 nitrogen and oxygen atoms in total. The van der Waals surface area contributed by atoms with E-state index >= 15 is 0 Å². The van der Waals surface area contributed by atoms with Crippen LogP contribution in [0.3, 0.4) is 0 Å². The van der Waals surface area contributed by atoms with Crippen molar-refractivity contribution in [2.24, 2.45) is 0 Å². The maximum absolute atomic E-state index is 12.4. The van der Waals surface area contributed by atoms with Crippen LogP contribution in [0.15, 0.2) is 54.6 Å². The summed E-state index contributed by atoms with van der Waals surface area (Å²) in [5.74, 6) is 0.376. The van der Waals surface area contributed by atoms with Gasteiger partial charge in [0.25, 0.3) is 5.91 Å². The van der Waals surface area contributed by atoms with Crippen molar-refractivity contribution in [3.05, 3.63) is 65.7 Å². The number of hydrogen-bond donors (Lipinski definition) is 1. The fourth-order valence-electron chi connectivity index (χ4n) is 2.61. The molecule has 1 N–H and O–H groups in total. The van der Waals surface area contributed by atoms with Gasteiger partial charge in [-0.15, -0.1) is 0 Å². The molecular formula is C21H26N2O3. The van der Waals surface area contributed by atoms with Crippen LogP contribution >= 0.6 is 0 Å². The van der Waals surface area contributed by atoms with Crippen LogP contribution < -0.4 is 10.1 Å². The molecule has 0 unspecified atom stereocenters. The Kier molecular flexibility index (Phi) is 7.68. The van der Waals surface area contributed by atoms with Crippen molar-refractivity contribution in [1.82, 2.24) is 10.2 Å². The molecule has 0 heterocycles. The highest BCUT2D eigenvalue weighted by molar-refractivity contribution is 5.96. The summed E-state index contributed by atoms with van der Waals surface area (Å²) in [6, 6.07) is 16.9. The minimum atomic E-state index is -0.263. The van der Waals surface area contributed by atoms with E-state index in [1.54, 1.807) is 29.2 Å². The molecule has 138 valence electrons. The zero-order valence-corrected chi connectivity index (χ0v) is 15.4. The van der Waals surface area contributed by atoms with E-state index in [1.807, 2.05) is 44.2 Å². The van der Waals surface area contributed by atoms with Gasteiger partial charge in [-0.25, -0.2) is 0 Å². The molecule has 0 aliphatic heterocycles. The molecule has 2 rings (SSSR count). The lowest BCUT2D eigenvalue weighted by atomic mass is 10.1. The summed E-state index contributed by atoms with van der Waals surface area (Å²) in [5.41, 5.74) is 1.70. The monoisotopic (exact) mass is 354 g/mol. The van der Waals surface area contributed by atoms with Crippen LogP contribution in [0.1, 0.15) is 29.8 Å². The highest BCUT2D eigenvalue weighted by atomic mass is 16.5. The summed E-state index contributed by atoms with van der Waals surface area (Å²) in [5, 5.41) is 2.69. The van der Waals surface area contributed by atoms with Gasteiger partial charge in [-0.3, -0.25) is 9.59 Å². The molecule has 0 radical (unpaired) electrons. The summed E-state index contributed by atoms with van der Waals surface area (Å²) in [6.45, 7) is 5.67. The fraction of sp³-hybridized carbons (Fsp3) is 0.333. The maximum atomic E-state index is 12.4. The Hall–Kier alpha value is -2.82. The second-order valence-electron chi connectivity index (χ2n) is 5.85. The first kappa shape index (κ1) is 19.5. The van der Waals surface area contributed by atoms with E-state index in [1.165, 1.54) is 5.56 Å². The second kappa shape index (κ2) is 10.2. The molecule has 0 atom stereocenters. The molecule has 2 aromatic carbocycles. The first-order chi connectivity index (χ1) is 12.6. The molecule has 0 saturated heterocycles. The Morgan fingerprint density at radius 2 is 1.69 bits per heavy atom. The molecule has 26 heavy (non-hydrogen) atoms.